The summed E-state index contributed by atoms with van der Waals surface area (Å²) in [6, 6.07) is 14.2. The van der Waals surface area contributed by atoms with Crippen molar-refractivity contribution in [3.05, 3.63) is 70.9 Å². The molecule has 3 aromatic rings. The molecule has 1 N–H and O–H groups in total. The average Bonchev–Trinajstić information content (AvgIpc) is 3.31. The SMILES string of the molecule is CC1CN(S(=O)(=O)c2ccc(NC(=O)c3ccc(S(=O)(=O)c4ccc(Br)cc4)o3)cc2)CC(C)O1. The average molecular weight is 583 g/mol. The third-order valence-electron chi connectivity index (χ3n) is 5.33. The highest BCUT2D eigenvalue weighted by Gasteiger charge is 2.32. The van der Waals surface area contributed by atoms with Crippen molar-refractivity contribution in [3.8, 4) is 0 Å². The van der Waals surface area contributed by atoms with Gasteiger partial charge in [-0.25, -0.2) is 16.8 Å². The second kappa shape index (κ2) is 9.86. The lowest BCUT2D eigenvalue weighted by atomic mass is 10.3. The van der Waals surface area contributed by atoms with Gasteiger partial charge in [0, 0.05) is 23.2 Å². The number of morpholine rings is 1. The van der Waals surface area contributed by atoms with Crippen molar-refractivity contribution in [1.82, 2.24) is 4.31 Å². The Morgan fingerprint density at radius 3 is 2.06 bits per heavy atom. The van der Waals surface area contributed by atoms with E-state index in [1.807, 2.05) is 13.8 Å². The number of furan rings is 1. The molecule has 1 amide bonds. The highest BCUT2D eigenvalue weighted by Crippen LogP contribution is 2.26. The molecule has 0 aliphatic carbocycles. The minimum atomic E-state index is -3.93. The molecule has 2 aromatic carbocycles. The van der Waals surface area contributed by atoms with Crippen LogP contribution >= 0.6 is 15.9 Å². The zero-order valence-electron chi connectivity index (χ0n) is 18.8. The lowest BCUT2D eigenvalue weighted by Gasteiger charge is -2.34. The van der Waals surface area contributed by atoms with Crippen molar-refractivity contribution < 1.29 is 30.8 Å². The molecule has 1 fully saturated rings. The number of ether oxygens (including phenoxy) is 1. The number of benzene rings is 2. The van der Waals surface area contributed by atoms with Gasteiger partial charge in [0.05, 0.1) is 22.0 Å². The van der Waals surface area contributed by atoms with Gasteiger partial charge in [-0.05, 0) is 74.5 Å². The number of hydrogen-bond donors (Lipinski definition) is 1. The van der Waals surface area contributed by atoms with E-state index in [0.717, 1.165) is 4.47 Å². The number of nitrogens with zero attached hydrogens (tertiary/aromatic N) is 1. The number of carbonyl (C=O) groups is 1. The topological polar surface area (TPSA) is 123 Å². The fourth-order valence-corrected chi connectivity index (χ4v) is 6.72. The van der Waals surface area contributed by atoms with E-state index in [9.17, 15) is 21.6 Å². The predicted molar refractivity (Wildman–Crippen MR) is 131 cm³/mol. The summed E-state index contributed by atoms with van der Waals surface area (Å²) in [7, 11) is -7.64. The van der Waals surface area contributed by atoms with Crippen LogP contribution in [0.2, 0.25) is 0 Å². The van der Waals surface area contributed by atoms with Gasteiger partial charge in [-0.15, -0.1) is 0 Å². The van der Waals surface area contributed by atoms with Crippen LogP contribution in [0, 0.1) is 0 Å². The first kappa shape index (κ1) is 25.6. The number of nitrogens with one attached hydrogen (secondary N) is 1. The van der Waals surface area contributed by atoms with Gasteiger partial charge in [-0.3, -0.25) is 4.79 Å². The molecular weight excluding hydrogens is 560 g/mol. The number of carbonyl (C=O) groups excluding carboxylic acids is 1. The molecule has 2 heterocycles. The Kier molecular flexibility index (Phi) is 7.21. The lowest BCUT2D eigenvalue weighted by molar-refractivity contribution is -0.0440. The molecule has 0 bridgehead atoms. The molecule has 2 unspecified atom stereocenters. The third kappa shape index (κ3) is 5.51. The molecule has 1 saturated heterocycles. The Balaban J connectivity index is 1.47. The summed E-state index contributed by atoms with van der Waals surface area (Å²) in [4.78, 5) is 12.7. The Morgan fingerprint density at radius 1 is 0.886 bits per heavy atom. The maximum atomic E-state index is 13.0. The molecule has 35 heavy (non-hydrogen) atoms. The van der Waals surface area contributed by atoms with Crippen LogP contribution in [0.3, 0.4) is 0 Å². The normalized spacial score (nSPS) is 19.4. The van der Waals surface area contributed by atoms with E-state index in [-0.39, 0.29) is 45.9 Å². The van der Waals surface area contributed by atoms with Crippen molar-refractivity contribution >= 4 is 47.4 Å². The Hall–Kier alpha value is -2.51. The molecule has 1 aromatic heterocycles. The van der Waals surface area contributed by atoms with E-state index in [1.165, 1.54) is 52.8 Å². The molecule has 12 heteroatoms. The highest BCUT2D eigenvalue weighted by molar-refractivity contribution is 9.10. The first-order valence-corrected chi connectivity index (χ1v) is 14.4. The molecule has 1 aliphatic rings. The molecular formula is C23H23BrN2O7S2. The Labute approximate surface area is 212 Å². The predicted octanol–water partition coefficient (Wildman–Crippen LogP) is 3.93. The Morgan fingerprint density at radius 2 is 1.46 bits per heavy atom. The van der Waals surface area contributed by atoms with Crippen LogP contribution in [0.1, 0.15) is 24.4 Å². The van der Waals surface area contributed by atoms with Crippen LogP contribution in [0.5, 0.6) is 0 Å². The number of sulfone groups is 1. The van der Waals surface area contributed by atoms with Gasteiger partial charge in [0.1, 0.15) is 0 Å². The van der Waals surface area contributed by atoms with Crippen molar-refractivity contribution in [2.75, 3.05) is 18.4 Å². The van der Waals surface area contributed by atoms with Crippen LogP contribution in [0.15, 0.2) is 84.4 Å². The van der Waals surface area contributed by atoms with Crippen LogP contribution in [-0.2, 0) is 24.6 Å². The molecule has 9 nitrogen and oxygen atoms in total. The molecule has 0 saturated carbocycles. The van der Waals surface area contributed by atoms with Crippen molar-refractivity contribution in [1.29, 1.82) is 0 Å². The summed E-state index contributed by atoms with van der Waals surface area (Å²) in [6.07, 6.45) is -0.421. The first-order chi connectivity index (χ1) is 16.5. The van der Waals surface area contributed by atoms with Gasteiger partial charge in [-0.2, -0.15) is 4.31 Å². The molecule has 4 rings (SSSR count). The number of anilines is 1. The molecule has 2 atom stereocenters. The van der Waals surface area contributed by atoms with Gasteiger partial charge in [0.25, 0.3) is 5.91 Å². The number of amides is 1. The smallest absolute Gasteiger partial charge is 0.291 e. The second-order valence-corrected chi connectivity index (χ2v) is 12.9. The fourth-order valence-electron chi connectivity index (χ4n) is 3.70. The summed E-state index contributed by atoms with van der Waals surface area (Å²) in [5.74, 6) is -0.873. The quantitative estimate of drug-likeness (QED) is 0.467. The number of halogens is 1. The van der Waals surface area contributed by atoms with Gasteiger partial charge < -0.3 is 14.5 Å². The standard InChI is InChI=1S/C23H23BrN2O7S2/c1-15-13-26(14-16(2)32-15)35(30,31)20-9-5-18(6-10-20)25-23(27)21-11-12-22(33-21)34(28,29)19-7-3-17(24)4-8-19/h3-12,15-16H,13-14H2,1-2H3,(H,25,27). The molecule has 0 radical (unpaired) electrons. The van der Waals surface area contributed by atoms with Crippen molar-refractivity contribution in [2.24, 2.45) is 0 Å². The Bertz CT molecular complexity index is 1420. The summed E-state index contributed by atoms with van der Waals surface area (Å²) < 4.78 is 64.4. The maximum absolute atomic E-state index is 13.0. The number of hydrogen-bond acceptors (Lipinski definition) is 7. The van der Waals surface area contributed by atoms with Crippen LogP contribution in [0.25, 0.3) is 0 Å². The number of rotatable bonds is 6. The van der Waals surface area contributed by atoms with Crippen LogP contribution in [0.4, 0.5) is 5.69 Å². The maximum Gasteiger partial charge on any atom is 0.291 e. The summed E-state index contributed by atoms with van der Waals surface area (Å²) >= 11 is 3.25. The van der Waals surface area contributed by atoms with E-state index in [2.05, 4.69) is 21.2 Å². The van der Waals surface area contributed by atoms with Crippen molar-refractivity contribution in [3.63, 3.8) is 0 Å². The zero-order valence-corrected chi connectivity index (χ0v) is 22.1. The first-order valence-electron chi connectivity index (χ1n) is 10.6. The summed E-state index contributed by atoms with van der Waals surface area (Å²) in [5.41, 5.74) is 0.325. The van der Waals surface area contributed by atoms with Crippen molar-refractivity contribution in [2.45, 2.75) is 40.9 Å². The monoisotopic (exact) mass is 582 g/mol. The minimum Gasteiger partial charge on any atom is -0.439 e. The van der Waals surface area contributed by atoms with Gasteiger partial charge in [-0.1, -0.05) is 15.9 Å². The second-order valence-electron chi connectivity index (χ2n) is 8.13. The highest BCUT2D eigenvalue weighted by atomic mass is 79.9. The zero-order chi connectivity index (χ0) is 25.4. The summed E-state index contributed by atoms with van der Waals surface area (Å²) in [6.45, 7) is 4.16. The van der Waals surface area contributed by atoms with Gasteiger partial charge in [0.2, 0.25) is 25.0 Å². The fraction of sp³-hybridized carbons (Fsp3) is 0.261. The minimum absolute atomic E-state index is 0.0304. The van der Waals surface area contributed by atoms with Crippen LogP contribution in [-0.4, -0.2) is 52.3 Å². The van der Waals surface area contributed by atoms with E-state index in [4.69, 9.17) is 9.15 Å². The molecule has 1 aliphatic heterocycles. The van der Waals surface area contributed by atoms with E-state index >= 15 is 0 Å². The lowest BCUT2D eigenvalue weighted by Crippen LogP contribution is -2.48. The molecule has 0 spiro atoms. The summed E-state index contributed by atoms with van der Waals surface area (Å²) in [5, 5.41) is 2.22. The third-order valence-corrected chi connectivity index (χ3v) is 9.35. The van der Waals surface area contributed by atoms with Gasteiger partial charge >= 0.3 is 0 Å². The number of sulfonamides is 1. The van der Waals surface area contributed by atoms with E-state index in [1.54, 1.807) is 12.1 Å². The largest absolute Gasteiger partial charge is 0.439 e. The van der Waals surface area contributed by atoms with E-state index < -0.39 is 25.8 Å². The van der Waals surface area contributed by atoms with E-state index in [0.29, 0.717) is 5.69 Å². The molecule has 186 valence electrons. The van der Waals surface area contributed by atoms with Crippen LogP contribution < -0.4 is 5.32 Å². The van der Waals surface area contributed by atoms with Gasteiger partial charge in [0.15, 0.2) is 5.76 Å².